The van der Waals surface area contributed by atoms with Gasteiger partial charge in [0.1, 0.15) is 0 Å². The Morgan fingerprint density at radius 3 is 2.11 bits per heavy atom. The van der Waals surface area contributed by atoms with Crippen molar-refractivity contribution in [3.8, 4) is 0 Å². The van der Waals surface area contributed by atoms with Crippen LogP contribution in [0.1, 0.15) is 80.1 Å². The molecule has 0 saturated heterocycles. The Kier molecular flexibility index (Phi) is 8.36. The fourth-order valence-corrected chi connectivity index (χ4v) is 3.30. The third-order valence-electron chi connectivity index (χ3n) is 4.04. The van der Waals surface area contributed by atoms with Gasteiger partial charge >= 0.3 is 5.97 Å². The maximum Gasteiger partial charge on any atom is 0.307 e. The Morgan fingerprint density at radius 2 is 1.74 bits per heavy atom. The second kappa shape index (κ2) is 8.60. The van der Waals surface area contributed by atoms with Crippen molar-refractivity contribution in [2.45, 2.75) is 80.1 Å². The summed E-state index contributed by atoms with van der Waals surface area (Å²) in [4.78, 5) is 11.7. The fraction of sp³-hybridized carbons (Fsp3) is 0.941. The second-order valence-corrected chi connectivity index (χ2v) is 7.27. The van der Waals surface area contributed by atoms with Crippen LogP contribution in [0.4, 0.5) is 0 Å². The molecule has 0 saturated carbocycles. The molecule has 0 heterocycles. The van der Waals surface area contributed by atoms with Crippen molar-refractivity contribution in [2.24, 2.45) is 23.2 Å². The first-order chi connectivity index (χ1) is 8.72. The zero-order valence-corrected chi connectivity index (χ0v) is 13.8. The lowest BCUT2D eigenvalue weighted by atomic mass is 9.72. The summed E-state index contributed by atoms with van der Waals surface area (Å²) < 4.78 is 0. The molecule has 0 aromatic heterocycles. The maximum atomic E-state index is 11.7. The van der Waals surface area contributed by atoms with E-state index in [1.165, 1.54) is 19.3 Å². The molecule has 114 valence electrons. The summed E-state index contributed by atoms with van der Waals surface area (Å²) in [7, 11) is 0. The number of hydrogen-bond donors (Lipinski definition) is 1. The predicted molar refractivity (Wildman–Crippen MR) is 82.3 cm³/mol. The van der Waals surface area contributed by atoms with E-state index in [1.54, 1.807) is 0 Å². The Morgan fingerprint density at radius 1 is 1.16 bits per heavy atom. The van der Waals surface area contributed by atoms with E-state index >= 15 is 0 Å². The minimum atomic E-state index is -0.597. The monoisotopic (exact) mass is 270 g/mol. The largest absolute Gasteiger partial charge is 0.481 e. The van der Waals surface area contributed by atoms with Crippen LogP contribution in [-0.2, 0) is 4.79 Å². The summed E-state index contributed by atoms with van der Waals surface area (Å²) in [5.74, 6) is -0.188. The van der Waals surface area contributed by atoms with Gasteiger partial charge in [0, 0.05) is 0 Å². The average molecular weight is 270 g/mol. The first-order valence-electron chi connectivity index (χ1n) is 7.95. The van der Waals surface area contributed by atoms with E-state index in [-0.39, 0.29) is 17.3 Å². The van der Waals surface area contributed by atoms with Gasteiger partial charge in [-0.3, -0.25) is 4.79 Å². The lowest BCUT2D eigenvalue weighted by molar-refractivity contribution is -0.146. The van der Waals surface area contributed by atoms with E-state index in [2.05, 4.69) is 41.5 Å². The molecule has 0 spiro atoms. The van der Waals surface area contributed by atoms with Crippen molar-refractivity contribution in [1.29, 1.82) is 0 Å². The summed E-state index contributed by atoms with van der Waals surface area (Å²) in [5, 5.41) is 9.60. The van der Waals surface area contributed by atoms with Gasteiger partial charge < -0.3 is 5.11 Å². The topological polar surface area (TPSA) is 37.3 Å². The number of carbonyl (C=O) groups is 1. The number of rotatable bonds is 9. The van der Waals surface area contributed by atoms with Crippen LogP contribution in [0.15, 0.2) is 0 Å². The summed E-state index contributed by atoms with van der Waals surface area (Å²) in [6.07, 6.45) is 6.61. The molecule has 2 heteroatoms. The number of aliphatic carboxylic acids is 1. The highest BCUT2D eigenvalue weighted by molar-refractivity contribution is 5.70. The molecule has 0 aliphatic rings. The SMILES string of the molecule is CCCCCC(CC)C(C(=O)O)C(C)CC(C)(C)C. The number of carboxylic acid groups (broad SMARTS) is 1. The van der Waals surface area contributed by atoms with Crippen molar-refractivity contribution in [3.63, 3.8) is 0 Å². The second-order valence-electron chi connectivity index (χ2n) is 7.27. The molecule has 0 aliphatic carbocycles. The van der Waals surface area contributed by atoms with Gasteiger partial charge in [-0.15, -0.1) is 0 Å². The molecule has 1 N–H and O–H groups in total. The quantitative estimate of drug-likeness (QED) is 0.572. The van der Waals surface area contributed by atoms with E-state index in [1.807, 2.05) is 0 Å². The van der Waals surface area contributed by atoms with Gasteiger partial charge in [0.05, 0.1) is 5.92 Å². The van der Waals surface area contributed by atoms with E-state index in [0.29, 0.717) is 5.92 Å². The van der Waals surface area contributed by atoms with E-state index in [9.17, 15) is 9.90 Å². The van der Waals surface area contributed by atoms with Crippen molar-refractivity contribution in [2.75, 3.05) is 0 Å². The minimum absolute atomic E-state index is 0.180. The Labute approximate surface area is 120 Å². The van der Waals surface area contributed by atoms with Crippen molar-refractivity contribution in [1.82, 2.24) is 0 Å². The maximum absolute atomic E-state index is 11.7. The van der Waals surface area contributed by atoms with Gasteiger partial charge in [0.15, 0.2) is 0 Å². The molecule has 3 atom stereocenters. The van der Waals surface area contributed by atoms with Crippen molar-refractivity contribution in [3.05, 3.63) is 0 Å². The van der Waals surface area contributed by atoms with E-state index in [0.717, 1.165) is 19.3 Å². The molecular formula is C17H34O2. The Bertz CT molecular complexity index is 252. The van der Waals surface area contributed by atoms with E-state index < -0.39 is 5.97 Å². The molecular weight excluding hydrogens is 236 g/mol. The van der Waals surface area contributed by atoms with Crippen LogP contribution >= 0.6 is 0 Å². The van der Waals surface area contributed by atoms with E-state index in [4.69, 9.17) is 0 Å². The highest BCUT2D eigenvalue weighted by atomic mass is 16.4. The lowest BCUT2D eigenvalue weighted by Gasteiger charge is -2.32. The van der Waals surface area contributed by atoms with Gasteiger partial charge in [0.25, 0.3) is 0 Å². The van der Waals surface area contributed by atoms with Crippen LogP contribution in [0.25, 0.3) is 0 Å². The van der Waals surface area contributed by atoms with Gasteiger partial charge in [-0.05, 0) is 30.1 Å². The van der Waals surface area contributed by atoms with Crippen molar-refractivity contribution >= 4 is 5.97 Å². The van der Waals surface area contributed by atoms with Crippen LogP contribution in [0.5, 0.6) is 0 Å². The minimum Gasteiger partial charge on any atom is -0.481 e. The predicted octanol–water partition coefficient (Wildman–Crippen LogP) is 5.37. The molecule has 0 rings (SSSR count). The number of unbranched alkanes of at least 4 members (excludes halogenated alkanes) is 2. The Balaban J connectivity index is 4.70. The third kappa shape index (κ3) is 7.59. The standard InChI is InChI=1S/C17H34O2/c1-7-9-10-11-14(8-2)15(16(18)19)13(3)12-17(4,5)6/h13-15H,7-12H2,1-6H3,(H,18,19). The smallest absolute Gasteiger partial charge is 0.307 e. The first kappa shape index (κ1) is 18.5. The molecule has 2 nitrogen and oxygen atoms in total. The molecule has 0 radical (unpaired) electrons. The summed E-state index contributed by atoms with van der Waals surface area (Å²) >= 11 is 0. The molecule has 0 bridgehead atoms. The van der Waals surface area contributed by atoms with Crippen molar-refractivity contribution < 1.29 is 9.90 Å². The van der Waals surface area contributed by atoms with Crippen LogP contribution in [0.2, 0.25) is 0 Å². The average Bonchev–Trinajstić information content (AvgIpc) is 2.24. The molecule has 0 amide bonds. The number of hydrogen-bond acceptors (Lipinski definition) is 1. The highest BCUT2D eigenvalue weighted by Gasteiger charge is 2.33. The van der Waals surface area contributed by atoms with Crippen LogP contribution in [-0.4, -0.2) is 11.1 Å². The fourth-order valence-electron chi connectivity index (χ4n) is 3.30. The molecule has 0 aliphatic heterocycles. The zero-order valence-electron chi connectivity index (χ0n) is 13.8. The molecule has 19 heavy (non-hydrogen) atoms. The number of carboxylic acids is 1. The van der Waals surface area contributed by atoms with Gasteiger partial charge in [-0.1, -0.05) is 67.2 Å². The van der Waals surface area contributed by atoms with Gasteiger partial charge in [0.2, 0.25) is 0 Å². The molecule has 0 aromatic rings. The zero-order chi connectivity index (χ0) is 15.1. The summed E-state index contributed by atoms with van der Waals surface area (Å²) in [6, 6.07) is 0. The van der Waals surface area contributed by atoms with Gasteiger partial charge in [-0.2, -0.15) is 0 Å². The van der Waals surface area contributed by atoms with Crippen LogP contribution in [0, 0.1) is 23.2 Å². The van der Waals surface area contributed by atoms with Crippen LogP contribution in [0.3, 0.4) is 0 Å². The lowest BCUT2D eigenvalue weighted by Crippen LogP contribution is -2.31. The van der Waals surface area contributed by atoms with Gasteiger partial charge in [-0.25, -0.2) is 0 Å². The third-order valence-corrected chi connectivity index (χ3v) is 4.04. The first-order valence-corrected chi connectivity index (χ1v) is 7.95. The normalized spacial score (nSPS) is 16.9. The molecule has 0 aromatic carbocycles. The van der Waals surface area contributed by atoms with Crippen LogP contribution < -0.4 is 0 Å². The Hall–Kier alpha value is -0.530. The molecule has 3 unspecified atom stereocenters. The summed E-state index contributed by atoms with van der Waals surface area (Å²) in [5.41, 5.74) is 0.203. The highest BCUT2D eigenvalue weighted by Crippen LogP contribution is 2.35. The summed E-state index contributed by atoms with van der Waals surface area (Å²) in [6.45, 7) is 13.0. The molecule has 0 fully saturated rings.